The Morgan fingerprint density at radius 2 is 1.71 bits per heavy atom. The lowest BCUT2D eigenvalue weighted by atomic mass is 9.81. The van der Waals surface area contributed by atoms with E-state index in [2.05, 4.69) is 0 Å². The van der Waals surface area contributed by atoms with Gasteiger partial charge in [0.2, 0.25) is 0 Å². The standard InChI is InChI=1S/C27H25ClF3NO3/c1-32(16-25(33)34)14-2-13-26(21-8-10-23(28)11-9-21)24-12-5-19(15-20(24)17-35-26)18-3-6-22(7-4-18)27(29,30)31/h3-12,15H,2,13-14,16-17H2,1H3,(H,33,34). The Morgan fingerprint density at radius 3 is 2.34 bits per heavy atom. The number of ether oxygens (including phenoxy) is 1. The van der Waals surface area contributed by atoms with Gasteiger partial charge in [-0.15, -0.1) is 0 Å². The summed E-state index contributed by atoms with van der Waals surface area (Å²) in [5, 5.41) is 9.63. The first kappa shape index (κ1) is 25.2. The average Bonchev–Trinajstić information content (AvgIpc) is 3.17. The lowest BCUT2D eigenvalue weighted by molar-refractivity contribution is -0.138. The van der Waals surface area contributed by atoms with Crippen LogP contribution >= 0.6 is 11.6 Å². The number of likely N-dealkylation sites (N-methyl/N-ethyl adjacent to an activating group) is 1. The van der Waals surface area contributed by atoms with Crippen molar-refractivity contribution in [2.75, 3.05) is 20.1 Å². The summed E-state index contributed by atoms with van der Waals surface area (Å²) in [6, 6.07) is 18.5. The Labute approximate surface area is 206 Å². The van der Waals surface area contributed by atoms with E-state index in [-0.39, 0.29) is 6.54 Å². The second-order valence-corrected chi connectivity index (χ2v) is 9.24. The van der Waals surface area contributed by atoms with Crippen molar-refractivity contribution >= 4 is 17.6 Å². The molecule has 0 aliphatic carbocycles. The van der Waals surface area contributed by atoms with Crippen LogP contribution in [0.4, 0.5) is 13.2 Å². The third kappa shape index (κ3) is 5.53. The van der Waals surface area contributed by atoms with Gasteiger partial charge in [0.25, 0.3) is 0 Å². The summed E-state index contributed by atoms with van der Waals surface area (Å²) in [5.74, 6) is -0.877. The Kier molecular flexibility index (Phi) is 7.22. The number of carboxylic acids is 1. The third-order valence-corrected chi connectivity index (χ3v) is 6.60. The lowest BCUT2D eigenvalue weighted by Gasteiger charge is -2.31. The molecule has 0 aromatic heterocycles. The fourth-order valence-electron chi connectivity index (χ4n) is 4.63. The first-order valence-corrected chi connectivity index (χ1v) is 11.6. The largest absolute Gasteiger partial charge is 0.480 e. The molecule has 1 aliphatic rings. The number of hydrogen-bond donors (Lipinski definition) is 1. The summed E-state index contributed by atoms with van der Waals surface area (Å²) >= 11 is 6.11. The number of benzene rings is 3. The van der Waals surface area contributed by atoms with Crippen molar-refractivity contribution < 1.29 is 27.8 Å². The van der Waals surface area contributed by atoms with Crippen LogP contribution < -0.4 is 0 Å². The van der Waals surface area contributed by atoms with Crippen molar-refractivity contribution in [3.63, 3.8) is 0 Å². The summed E-state index contributed by atoms with van der Waals surface area (Å²) < 4.78 is 45.2. The normalized spacial score (nSPS) is 17.5. The molecule has 0 amide bonds. The zero-order valence-corrected chi connectivity index (χ0v) is 19.9. The predicted molar refractivity (Wildman–Crippen MR) is 128 cm³/mol. The van der Waals surface area contributed by atoms with Gasteiger partial charge < -0.3 is 9.84 Å². The quantitative estimate of drug-likeness (QED) is 0.376. The van der Waals surface area contributed by atoms with Crippen LogP contribution in [0.5, 0.6) is 0 Å². The van der Waals surface area contributed by atoms with Crippen LogP contribution in [0.25, 0.3) is 11.1 Å². The number of fused-ring (bicyclic) bond motifs is 1. The van der Waals surface area contributed by atoms with Crippen molar-refractivity contribution in [1.82, 2.24) is 4.90 Å². The number of halogens is 4. The molecule has 0 spiro atoms. The van der Waals surface area contributed by atoms with Crippen molar-refractivity contribution in [2.24, 2.45) is 0 Å². The molecular weight excluding hydrogens is 479 g/mol. The number of rotatable bonds is 8. The van der Waals surface area contributed by atoms with Gasteiger partial charge in [0.05, 0.1) is 18.7 Å². The summed E-state index contributed by atoms with van der Waals surface area (Å²) in [7, 11) is 1.77. The minimum atomic E-state index is -4.37. The first-order chi connectivity index (χ1) is 16.6. The van der Waals surface area contributed by atoms with Crippen molar-refractivity contribution in [3.05, 3.63) is 94.0 Å². The number of aliphatic carboxylic acids is 1. The van der Waals surface area contributed by atoms with Crippen LogP contribution in [-0.2, 0) is 27.9 Å². The van der Waals surface area contributed by atoms with E-state index in [1.807, 2.05) is 42.5 Å². The Morgan fingerprint density at radius 1 is 1.06 bits per heavy atom. The summed E-state index contributed by atoms with van der Waals surface area (Å²) in [4.78, 5) is 12.7. The van der Waals surface area contributed by atoms with Crippen LogP contribution in [0, 0.1) is 0 Å². The minimum Gasteiger partial charge on any atom is -0.480 e. The molecule has 184 valence electrons. The van der Waals surface area contributed by atoms with Gasteiger partial charge in [0, 0.05) is 5.02 Å². The third-order valence-electron chi connectivity index (χ3n) is 6.34. The molecule has 1 unspecified atom stereocenters. The molecule has 0 saturated carbocycles. The maximum Gasteiger partial charge on any atom is 0.416 e. The first-order valence-electron chi connectivity index (χ1n) is 11.2. The zero-order valence-electron chi connectivity index (χ0n) is 19.1. The SMILES string of the molecule is CN(CCCC1(c2ccc(Cl)cc2)OCc2cc(-c3ccc(C(F)(F)F)cc3)ccc21)CC(=O)O. The second-order valence-electron chi connectivity index (χ2n) is 8.80. The predicted octanol–water partition coefficient (Wildman–Crippen LogP) is 6.60. The lowest BCUT2D eigenvalue weighted by Crippen LogP contribution is -2.31. The van der Waals surface area contributed by atoms with E-state index in [0.29, 0.717) is 36.6 Å². The van der Waals surface area contributed by atoms with Crippen LogP contribution in [0.3, 0.4) is 0 Å². The van der Waals surface area contributed by atoms with E-state index in [1.165, 1.54) is 12.1 Å². The molecular formula is C27H25ClF3NO3. The highest BCUT2D eigenvalue weighted by molar-refractivity contribution is 6.30. The Balaban J connectivity index is 1.64. The molecule has 8 heteroatoms. The topological polar surface area (TPSA) is 49.8 Å². The molecule has 0 saturated heterocycles. The van der Waals surface area contributed by atoms with Gasteiger partial charge in [-0.25, -0.2) is 0 Å². The molecule has 1 aliphatic heterocycles. The summed E-state index contributed by atoms with van der Waals surface area (Å²) in [6.45, 7) is 0.906. The van der Waals surface area contributed by atoms with Gasteiger partial charge >= 0.3 is 12.1 Å². The summed E-state index contributed by atoms with van der Waals surface area (Å²) in [6.07, 6.45) is -3.04. The van der Waals surface area contributed by atoms with E-state index < -0.39 is 23.3 Å². The summed E-state index contributed by atoms with van der Waals surface area (Å²) in [5.41, 5.74) is 3.02. The minimum absolute atomic E-state index is 0.0398. The number of carbonyl (C=O) groups is 1. The van der Waals surface area contributed by atoms with Crippen LogP contribution in [0.1, 0.15) is 35.1 Å². The molecule has 0 bridgehead atoms. The van der Waals surface area contributed by atoms with E-state index >= 15 is 0 Å². The maximum atomic E-state index is 12.9. The van der Waals surface area contributed by atoms with E-state index in [0.717, 1.165) is 34.4 Å². The molecule has 4 nitrogen and oxygen atoms in total. The highest BCUT2D eigenvalue weighted by Crippen LogP contribution is 2.46. The molecule has 4 rings (SSSR count). The van der Waals surface area contributed by atoms with Crippen LogP contribution in [-0.4, -0.2) is 36.1 Å². The Hall–Kier alpha value is -2.87. The van der Waals surface area contributed by atoms with Gasteiger partial charge in [0.15, 0.2) is 0 Å². The van der Waals surface area contributed by atoms with Gasteiger partial charge in [-0.2, -0.15) is 13.2 Å². The average molecular weight is 504 g/mol. The Bertz CT molecular complexity index is 1200. The van der Waals surface area contributed by atoms with Crippen molar-refractivity contribution in [1.29, 1.82) is 0 Å². The number of hydrogen-bond acceptors (Lipinski definition) is 3. The van der Waals surface area contributed by atoms with Crippen molar-refractivity contribution in [3.8, 4) is 11.1 Å². The molecule has 1 heterocycles. The van der Waals surface area contributed by atoms with E-state index in [1.54, 1.807) is 11.9 Å². The monoisotopic (exact) mass is 503 g/mol. The number of carboxylic acid groups (broad SMARTS) is 1. The van der Waals surface area contributed by atoms with Crippen molar-refractivity contribution in [2.45, 2.75) is 31.2 Å². The second kappa shape index (κ2) is 10.0. The van der Waals surface area contributed by atoms with E-state index in [4.69, 9.17) is 21.4 Å². The fourth-order valence-corrected chi connectivity index (χ4v) is 4.76. The maximum absolute atomic E-state index is 12.9. The molecule has 3 aromatic rings. The number of nitrogens with zero attached hydrogens (tertiary/aromatic N) is 1. The smallest absolute Gasteiger partial charge is 0.416 e. The molecule has 3 aromatic carbocycles. The highest BCUT2D eigenvalue weighted by Gasteiger charge is 2.41. The van der Waals surface area contributed by atoms with Gasteiger partial charge in [-0.1, -0.05) is 48.0 Å². The van der Waals surface area contributed by atoms with Crippen LogP contribution in [0.2, 0.25) is 5.02 Å². The van der Waals surface area contributed by atoms with E-state index in [9.17, 15) is 18.0 Å². The zero-order chi connectivity index (χ0) is 25.2. The molecule has 1 N–H and O–H groups in total. The van der Waals surface area contributed by atoms with Gasteiger partial charge in [-0.05, 0) is 84.6 Å². The molecule has 0 fully saturated rings. The van der Waals surface area contributed by atoms with Gasteiger partial charge in [-0.3, -0.25) is 9.69 Å². The molecule has 1 atom stereocenters. The fraction of sp³-hybridized carbons (Fsp3) is 0.296. The molecule has 0 radical (unpaired) electrons. The highest BCUT2D eigenvalue weighted by atomic mass is 35.5. The van der Waals surface area contributed by atoms with Gasteiger partial charge in [0.1, 0.15) is 5.60 Å². The van der Waals surface area contributed by atoms with Crippen LogP contribution in [0.15, 0.2) is 66.7 Å². The molecule has 35 heavy (non-hydrogen) atoms. The number of alkyl halides is 3.